The van der Waals surface area contributed by atoms with Crippen LogP contribution in [-0.4, -0.2) is 8.75 Å². The molecule has 1 atom stereocenters. The molecule has 2 aromatic rings. The van der Waals surface area contributed by atoms with Crippen LogP contribution in [0.15, 0.2) is 24.4 Å². The van der Waals surface area contributed by atoms with Gasteiger partial charge in [-0.15, -0.1) is 0 Å². The molecule has 0 fully saturated rings. The van der Waals surface area contributed by atoms with Gasteiger partial charge in [0.05, 0.1) is 29.7 Å². The summed E-state index contributed by atoms with van der Waals surface area (Å²) < 4.78 is 33.6. The maximum Gasteiger partial charge on any atom is 0.126 e. The van der Waals surface area contributed by atoms with E-state index in [-0.39, 0.29) is 6.04 Å². The molecule has 0 bridgehead atoms. The molecule has 0 amide bonds. The van der Waals surface area contributed by atoms with Gasteiger partial charge in [0.2, 0.25) is 0 Å². The number of benzene rings is 1. The minimum atomic E-state index is -0.599. The largest absolute Gasteiger partial charge is 0.322 e. The zero-order valence-electron chi connectivity index (χ0n) is 8.23. The Bertz CT molecular complexity index is 453. The van der Waals surface area contributed by atoms with Crippen LogP contribution in [-0.2, 0) is 6.42 Å². The molecule has 2 N–H and O–H groups in total. The zero-order valence-corrected chi connectivity index (χ0v) is 9.05. The number of hydrogen-bond acceptors (Lipinski definition) is 4. The average molecular weight is 241 g/mol. The number of aromatic nitrogens is 2. The Morgan fingerprint density at radius 2 is 1.94 bits per heavy atom. The minimum Gasteiger partial charge on any atom is -0.322 e. The van der Waals surface area contributed by atoms with Crippen molar-refractivity contribution in [2.24, 2.45) is 5.73 Å². The normalized spacial score (nSPS) is 12.7. The molecule has 1 unspecified atom stereocenters. The van der Waals surface area contributed by atoms with Crippen LogP contribution in [0.25, 0.3) is 0 Å². The predicted octanol–water partition coefficient (Wildman–Crippen LogP) is 2.06. The van der Waals surface area contributed by atoms with Crippen LogP contribution in [0.5, 0.6) is 0 Å². The third-order valence-electron chi connectivity index (χ3n) is 2.14. The topological polar surface area (TPSA) is 51.8 Å². The van der Waals surface area contributed by atoms with E-state index in [9.17, 15) is 8.78 Å². The van der Waals surface area contributed by atoms with E-state index in [2.05, 4.69) is 8.75 Å². The highest BCUT2D eigenvalue weighted by atomic mass is 32.1. The maximum atomic E-state index is 12.9. The van der Waals surface area contributed by atoms with Crippen molar-refractivity contribution in [1.82, 2.24) is 8.75 Å². The summed E-state index contributed by atoms with van der Waals surface area (Å²) in [6.07, 6.45) is 1.89. The van der Waals surface area contributed by atoms with Crippen LogP contribution in [0, 0.1) is 11.6 Å². The number of halogens is 2. The highest BCUT2D eigenvalue weighted by Gasteiger charge is 2.11. The molecule has 0 spiro atoms. The Hall–Kier alpha value is -1.40. The number of hydrogen-bond donors (Lipinski definition) is 1. The predicted molar refractivity (Wildman–Crippen MR) is 56.9 cm³/mol. The SMILES string of the molecule is NC(Cc1cc(F)cc(F)c1)c1cnsn1. The Morgan fingerprint density at radius 3 is 2.50 bits per heavy atom. The first kappa shape index (κ1) is 11.1. The fourth-order valence-electron chi connectivity index (χ4n) is 1.42. The molecular weight excluding hydrogens is 232 g/mol. The van der Waals surface area contributed by atoms with E-state index >= 15 is 0 Å². The lowest BCUT2D eigenvalue weighted by atomic mass is 10.0. The highest BCUT2D eigenvalue weighted by molar-refractivity contribution is 6.99. The molecular formula is C10H9F2N3S. The number of nitrogens with zero attached hydrogens (tertiary/aromatic N) is 2. The Labute approximate surface area is 95.3 Å². The van der Waals surface area contributed by atoms with Crippen molar-refractivity contribution in [2.45, 2.75) is 12.5 Å². The molecule has 0 saturated carbocycles. The van der Waals surface area contributed by atoms with Crippen LogP contribution < -0.4 is 5.73 Å². The number of rotatable bonds is 3. The van der Waals surface area contributed by atoms with E-state index < -0.39 is 11.6 Å². The van der Waals surface area contributed by atoms with Crippen molar-refractivity contribution >= 4 is 11.7 Å². The van der Waals surface area contributed by atoms with E-state index in [0.717, 1.165) is 17.8 Å². The average Bonchev–Trinajstić information content (AvgIpc) is 2.68. The summed E-state index contributed by atoms with van der Waals surface area (Å²) in [4.78, 5) is 0. The molecule has 84 valence electrons. The Kier molecular flexibility index (Phi) is 3.21. The molecule has 6 heteroatoms. The summed E-state index contributed by atoms with van der Waals surface area (Å²) in [5, 5.41) is 0. The third kappa shape index (κ3) is 2.59. The number of nitrogens with two attached hydrogens (primary N) is 1. The van der Waals surface area contributed by atoms with Crippen molar-refractivity contribution in [2.75, 3.05) is 0 Å². The molecule has 0 radical (unpaired) electrons. The third-order valence-corrected chi connectivity index (χ3v) is 2.63. The molecule has 2 rings (SSSR count). The van der Waals surface area contributed by atoms with E-state index in [0.29, 0.717) is 17.7 Å². The Balaban J connectivity index is 2.15. The van der Waals surface area contributed by atoms with Crippen LogP contribution in [0.3, 0.4) is 0 Å². The van der Waals surface area contributed by atoms with E-state index in [1.54, 1.807) is 6.20 Å². The van der Waals surface area contributed by atoms with Crippen LogP contribution in [0.4, 0.5) is 8.78 Å². The fraction of sp³-hybridized carbons (Fsp3) is 0.200. The fourth-order valence-corrected chi connectivity index (χ4v) is 1.90. The Morgan fingerprint density at radius 1 is 1.25 bits per heavy atom. The summed E-state index contributed by atoms with van der Waals surface area (Å²) in [5.41, 5.74) is 6.98. The lowest BCUT2D eigenvalue weighted by Gasteiger charge is -2.08. The van der Waals surface area contributed by atoms with Gasteiger partial charge in [-0.25, -0.2) is 8.78 Å². The lowest BCUT2D eigenvalue weighted by molar-refractivity contribution is 0.576. The first-order valence-electron chi connectivity index (χ1n) is 4.63. The molecule has 16 heavy (non-hydrogen) atoms. The van der Waals surface area contributed by atoms with Gasteiger partial charge in [0.15, 0.2) is 0 Å². The van der Waals surface area contributed by atoms with Crippen molar-refractivity contribution in [3.8, 4) is 0 Å². The van der Waals surface area contributed by atoms with Crippen LogP contribution in [0.1, 0.15) is 17.3 Å². The van der Waals surface area contributed by atoms with Crippen LogP contribution in [0.2, 0.25) is 0 Å². The molecule has 1 aromatic carbocycles. The summed E-state index contributed by atoms with van der Waals surface area (Å²) >= 11 is 1.06. The van der Waals surface area contributed by atoms with Crippen molar-refractivity contribution in [3.05, 3.63) is 47.3 Å². The highest BCUT2D eigenvalue weighted by Crippen LogP contribution is 2.16. The first-order valence-corrected chi connectivity index (χ1v) is 5.36. The van der Waals surface area contributed by atoms with Gasteiger partial charge in [-0.1, -0.05) is 0 Å². The van der Waals surface area contributed by atoms with E-state index in [4.69, 9.17) is 5.73 Å². The second-order valence-corrected chi connectivity index (χ2v) is 3.98. The van der Waals surface area contributed by atoms with Gasteiger partial charge >= 0.3 is 0 Å². The van der Waals surface area contributed by atoms with Gasteiger partial charge in [-0.05, 0) is 24.1 Å². The molecule has 0 saturated heterocycles. The van der Waals surface area contributed by atoms with E-state index in [1.807, 2.05) is 0 Å². The molecule has 3 nitrogen and oxygen atoms in total. The van der Waals surface area contributed by atoms with Gasteiger partial charge in [0.25, 0.3) is 0 Å². The standard InChI is InChI=1S/C10H9F2N3S/c11-7-1-6(2-8(12)4-7)3-9(13)10-5-14-16-15-10/h1-2,4-5,9H,3,13H2. The molecule has 0 aliphatic carbocycles. The zero-order chi connectivity index (χ0) is 11.5. The summed E-state index contributed by atoms with van der Waals surface area (Å²) in [6, 6.07) is 2.98. The molecule has 0 aliphatic rings. The van der Waals surface area contributed by atoms with E-state index in [1.165, 1.54) is 12.1 Å². The summed E-state index contributed by atoms with van der Waals surface area (Å²) in [6.45, 7) is 0. The first-order chi connectivity index (χ1) is 7.65. The summed E-state index contributed by atoms with van der Waals surface area (Å²) in [5.74, 6) is -1.20. The van der Waals surface area contributed by atoms with Crippen molar-refractivity contribution < 1.29 is 8.78 Å². The second kappa shape index (κ2) is 4.63. The van der Waals surface area contributed by atoms with Crippen LogP contribution >= 0.6 is 11.7 Å². The molecule has 1 aromatic heterocycles. The second-order valence-electron chi connectivity index (χ2n) is 3.42. The quantitative estimate of drug-likeness (QED) is 0.894. The monoisotopic (exact) mass is 241 g/mol. The van der Waals surface area contributed by atoms with Gasteiger partial charge in [0.1, 0.15) is 11.6 Å². The smallest absolute Gasteiger partial charge is 0.126 e. The van der Waals surface area contributed by atoms with Gasteiger partial charge in [0, 0.05) is 6.07 Å². The summed E-state index contributed by atoms with van der Waals surface area (Å²) in [7, 11) is 0. The van der Waals surface area contributed by atoms with Crippen molar-refractivity contribution in [3.63, 3.8) is 0 Å². The maximum absolute atomic E-state index is 12.9. The minimum absolute atomic E-state index is 0.333. The molecule has 0 aliphatic heterocycles. The van der Waals surface area contributed by atoms with Gasteiger partial charge in [-0.2, -0.15) is 8.75 Å². The van der Waals surface area contributed by atoms with Crippen molar-refractivity contribution in [1.29, 1.82) is 0 Å². The van der Waals surface area contributed by atoms with Gasteiger partial charge in [-0.3, -0.25) is 0 Å². The van der Waals surface area contributed by atoms with Gasteiger partial charge < -0.3 is 5.73 Å². The lowest BCUT2D eigenvalue weighted by Crippen LogP contribution is -2.13. The molecule has 1 heterocycles.